The molecule has 0 aliphatic carbocycles. The Balaban J connectivity index is 1.51. The molecule has 20 heavy (non-hydrogen) atoms. The zero-order valence-electron chi connectivity index (χ0n) is 11.3. The first kappa shape index (κ1) is 13.5. The third-order valence-corrected chi connectivity index (χ3v) is 4.13. The summed E-state index contributed by atoms with van der Waals surface area (Å²) in [4.78, 5) is 16.1. The van der Waals surface area contributed by atoms with E-state index in [4.69, 9.17) is 0 Å². The molecule has 0 atom stereocenters. The number of rotatable bonds is 3. The smallest absolute Gasteiger partial charge is 0.228 e. The first-order valence-electron chi connectivity index (χ1n) is 7.08. The SMILES string of the molecule is O=C(C1CN(Cc2ccc(F)cc2F)C1)N1CCCC1. The summed E-state index contributed by atoms with van der Waals surface area (Å²) in [6.07, 6.45) is 2.20. The van der Waals surface area contributed by atoms with Gasteiger partial charge in [-0.2, -0.15) is 0 Å². The predicted octanol–water partition coefficient (Wildman–Crippen LogP) is 2.02. The minimum Gasteiger partial charge on any atom is -0.342 e. The van der Waals surface area contributed by atoms with Gasteiger partial charge in [0.15, 0.2) is 0 Å². The van der Waals surface area contributed by atoms with Crippen LogP contribution >= 0.6 is 0 Å². The van der Waals surface area contributed by atoms with Crippen LogP contribution in [-0.2, 0) is 11.3 Å². The number of carbonyl (C=O) groups excluding carboxylic acids is 1. The van der Waals surface area contributed by atoms with Crippen LogP contribution in [0.4, 0.5) is 8.78 Å². The molecule has 108 valence electrons. The Morgan fingerprint density at radius 1 is 1.20 bits per heavy atom. The molecule has 2 aliphatic heterocycles. The quantitative estimate of drug-likeness (QED) is 0.845. The lowest BCUT2D eigenvalue weighted by Gasteiger charge is -2.40. The average Bonchev–Trinajstić information content (AvgIpc) is 2.88. The van der Waals surface area contributed by atoms with Crippen LogP contribution in [0, 0.1) is 17.6 Å². The Hall–Kier alpha value is -1.49. The van der Waals surface area contributed by atoms with Crippen molar-refractivity contribution in [3.8, 4) is 0 Å². The summed E-state index contributed by atoms with van der Waals surface area (Å²) >= 11 is 0. The van der Waals surface area contributed by atoms with Crippen molar-refractivity contribution in [2.45, 2.75) is 19.4 Å². The van der Waals surface area contributed by atoms with E-state index in [2.05, 4.69) is 0 Å². The molecular formula is C15H18F2N2O. The molecule has 2 aliphatic rings. The van der Waals surface area contributed by atoms with Gasteiger partial charge in [0, 0.05) is 44.4 Å². The number of amides is 1. The van der Waals surface area contributed by atoms with Crippen molar-refractivity contribution in [2.24, 2.45) is 5.92 Å². The van der Waals surface area contributed by atoms with Gasteiger partial charge in [-0.25, -0.2) is 8.78 Å². The van der Waals surface area contributed by atoms with Crippen molar-refractivity contribution in [1.82, 2.24) is 9.80 Å². The molecular weight excluding hydrogens is 262 g/mol. The van der Waals surface area contributed by atoms with Crippen LogP contribution in [0.2, 0.25) is 0 Å². The average molecular weight is 280 g/mol. The molecule has 0 radical (unpaired) electrons. The highest BCUT2D eigenvalue weighted by molar-refractivity contribution is 5.80. The monoisotopic (exact) mass is 280 g/mol. The van der Waals surface area contributed by atoms with Crippen LogP contribution < -0.4 is 0 Å². The molecule has 0 N–H and O–H groups in total. The summed E-state index contributed by atoms with van der Waals surface area (Å²) in [5.74, 6) is -0.786. The van der Waals surface area contributed by atoms with Crippen LogP contribution in [0.15, 0.2) is 18.2 Å². The van der Waals surface area contributed by atoms with Gasteiger partial charge >= 0.3 is 0 Å². The van der Waals surface area contributed by atoms with E-state index in [9.17, 15) is 13.6 Å². The van der Waals surface area contributed by atoms with E-state index in [-0.39, 0.29) is 11.8 Å². The second kappa shape index (κ2) is 5.48. The highest BCUT2D eigenvalue weighted by atomic mass is 19.1. The summed E-state index contributed by atoms with van der Waals surface area (Å²) in [5, 5.41) is 0. The standard InChI is InChI=1S/C15H18F2N2O/c16-13-4-3-11(14(17)7-13)8-18-9-12(10-18)15(20)19-5-1-2-6-19/h3-4,7,12H,1-2,5-6,8-10H2. The molecule has 5 heteroatoms. The lowest BCUT2D eigenvalue weighted by atomic mass is 9.97. The van der Waals surface area contributed by atoms with Crippen molar-refractivity contribution in [3.63, 3.8) is 0 Å². The summed E-state index contributed by atoms with van der Waals surface area (Å²) in [7, 11) is 0. The van der Waals surface area contributed by atoms with Crippen LogP contribution in [0.5, 0.6) is 0 Å². The Morgan fingerprint density at radius 3 is 2.55 bits per heavy atom. The van der Waals surface area contributed by atoms with Gasteiger partial charge in [0.05, 0.1) is 5.92 Å². The zero-order valence-corrected chi connectivity index (χ0v) is 11.3. The molecule has 0 unspecified atom stereocenters. The fraction of sp³-hybridized carbons (Fsp3) is 0.533. The molecule has 3 rings (SSSR count). The molecule has 0 saturated carbocycles. The summed E-state index contributed by atoms with van der Waals surface area (Å²) in [6.45, 7) is 3.54. The number of hydrogen-bond acceptors (Lipinski definition) is 2. The van der Waals surface area contributed by atoms with E-state index in [1.165, 1.54) is 12.1 Å². The molecule has 2 saturated heterocycles. The third-order valence-electron chi connectivity index (χ3n) is 4.13. The lowest BCUT2D eigenvalue weighted by molar-refractivity contribution is -0.140. The van der Waals surface area contributed by atoms with E-state index in [1.54, 1.807) is 0 Å². The number of benzene rings is 1. The topological polar surface area (TPSA) is 23.6 Å². The van der Waals surface area contributed by atoms with Gasteiger partial charge in [-0.05, 0) is 18.9 Å². The summed E-state index contributed by atoms with van der Waals surface area (Å²) in [5.41, 5.74) is 0.485. The second-order valence-electron chi connectivity index (χ2n) is 5.66. The summed E-state index contributed by atoms with van der Waals surface area (Å²) < 4.78 is 26.3. The lowest BCUT2D eigenvalue weighted by Crippen LogP contribution is -2.53. The highest BCUT2D eigenvalue weighted by Gasteiger charge is 2.36. The predicted molar refractivity (Wildman–Crippen MR) is 70.9 cm³/mol. The van der Waals surface area contributed by atoms with E-state index in [1.807, 2.05) is 9.80 Å². The molecule has 1 aromatic carbocycles. The molecule has 0 spiro atoms. The number of nitrogens with zero attached hydrogens (tertiary/aromatic N) is 2. The van der Waals surface area contributed by atoms with Crippen LogP contribution in [0.25, 0.3) is 0 Å². The maximum atomic E-state index is 13.5. The van der Waals surface area contributed by atoms with Gasteiger partial charge in [0.1, 0.15) is 11.6 Å². The molecule has 1 aromatic rings. The minimum absolute atomic E-state index is 0.0524. The minimum atomic E-state index is -0.558. The fourth-order valence-corrected chi connectivity index (χ4v) is 2.94. The number of likely N-dealkylation sites (tertiary alicyclic amines) is 2. The molecule has 2 fully saturated rings. The Bertz CT molecular complexity index is 509. The van der Waals surface area contributed by atoms with Crippen LogP contribution in [-0.4, -0.2) is 41.9 Å². The van der Waals surface area contributed by atoms with E-state index >= 15 is 0 Å². The maximum Gasteiger partial charge on any atom is 0.228 e. The van der Waals surface area contributed by atoms with E-state index in [0.717, 1.165) is 32.0 Å². The van der Waals surface area contributed by atoms with E-state index < -0.39 is 11.6 Å². The van der Waals surface area contributed by atoms with Crippen LogP contribution in [0.3, 0.4) is 0 Å². The van der Waals surface area contributed by atoms with Crippen molar-refractivity contribution in [2.75, 3.05) is 26.2 Å². The maximum absolute atomic E-state index is 13.5. The van der Waals surface area contributed by atoms with Gasteiger partial charge in [-0.15, -0.1) is 0 Å². The first-order valence-corrected chi connectivity index (χ1v) is 7.08. The third kappa shape index (κ3) is 2.68. The zero-order chi connectivity index (χ0) is 14.1. The molecule has 1 amide bonds. The van der Waals surface area contributed by atoms with Gasteiger partial charge in [0.2, 0.25) is 5.91 Å². The second-order valence-corrected chi connectivity index (χ2v) is 5.66. The molecule has 0 bridgehead atoms. The van der Waals surface area contributed by atoms with Crippen molar-refractivity contribution < 1.29 is 13.6 Å². The van der Waals surface area contributed by atoms with Gasteiger partial charge in [-0.1, -0.05) is 6.07 Å². The molecule has 2 heterocycles. The van der Waals surface area contributed by atoms with Gasteiger partial charge < -0.3 is 4.90 Å². The normalized spacial score (nSPS) is 20.2. The van der Waals surface area contributed by atoms with Crippen molar-refractivity contribution in [3.05, 3.63) is 35.4 Å². The number of hydrogen-bond donors (Lipinski definition) is 0. The van der Waals surface area contributed by atoms with Crippen molar-refractivity contribution >= 4 is 5.91 Å². The Labute approximate surface area is 117 Å². The largest absolute Gasteiger partial charge is 0.342 e. The summed E-state index contributed by atoms with van der Waals surface area (Å²) in [6, 6.07) is 3.65. The van der Waals surface area contributed by atoms with Crippen molar-refractivity contribution in [1.29, 1.82) is 0 Å². The van der Waals surface area contributed by atoms with Crippen LogP contribution in [0.1, 0.15) is 18.4 Å². The Morgan fingerprint density at radius 2 is 1.90 bits per heavy atom. The van der Waals surface area contributed by atoms with Gasteiger partial charge in [0.25, 0.3) is 0 Å². The van der Waals surface area contributed by atoms with E-state index in [0.29, 0.717) is 25.2 Å². The Kier molecular flexibility index (Phi) is 3.70. The number of carbonyl (C=O) groups is 1. The fourth-order valence-electron chi connectivity index (χ4n) is 2.94. The first-order chi connectivity index (χ1) is 9.63. The number of halogens is 2. The van der Waals surface area contributed by atoms with Gasteiger partial charge in [-0.3, -0.25) is 9.69 Å². The molecule has 0 aromatic heterocycles. The molecule has 3 nitrogen and oxygen atoms in total. The highest BCUT2D eigenvalue weighted by Crippen LogP contribution is 2.23.